The Kier molecular flexibility index (Phi) is 6.96. The fourth-order valence-electron chi connectivity index (χ4n) is 2.78. The lowest BCUT2D eigenvalue weighted by Crippen LogP contribution is -2.23. The number of thioether (sulfide) groups is 1. The van der Waals surface area contributed by atoms with Crippen LogP contribution >= 0.6 is 27.7 Å². The third-order valence-electron chi connectivity index (χ3n) is 4.29. The lowest BCUT2D eigenvalue weighted by atomic mass is 10.0. The lowest BCUT2D eigenvalue weighted by molar-refractivity contribution is 0.266. The van der Waals surface area contributed by atoms with Gasteiger partial charge in [0.1, 0.15) is 12.4 Å². The largest absolute Gasteiger partial charge is 0.489 e. The molecular weight excluding hydrogens is 398 g/mol. The molecule has 0 N–H and O–H groups in total. The van der Waals surface area contributed by atoms with E-state index in [2.05, 4.69) is 48.8 Å². The molecule has 0 fully saturated rings. The molecule has 2 rings (SSSR count). The molecule has 2 aromatic rings. The zero-order valence-electron chi connectivity index (χ0n) is 15.4. The maximum Gasteiger partial charge on any atom is 0.285 e. The van der Waals surface area contributed by atoms with E-state index in [1.807, 2.05) is 18.2 Å². The molecule has 0 radical (unpaired) electrons. The zero-order chi connectivity index (χ0) is 18.6. The molecule has 0 aliphatic rings. The van der Waals surface area contributed by atoms with Gasteiger partial charge in [-0.05, 0) is 61.4 Å². The van der Waals surface area contributed by atoms with Crippen LogP contribution in [0.3, 0.4) is 0 Å². The number of nitrogens with zero attached hydrogens (tertiary/aromatic N) is 1. The predicted octanol–water partition coefficient (Wildman–Crippen LogP) is 6.13. The van der Waals surface area contributed by atoms with Gasteiger partial charge >= 0.3 is 0 Å². The third-order valence-corrected chi connectivity index (χ3v) is 5.66. The summed E-state index contributed by atoms with van der Waals surface area (Å²) in [6, 6.07) is 10.1. The Hall–Kier alpha value is -1.46. The molecule has 25 heavy (non-hydrogen) atoms. The van der Waals surface area contributed by atoms with Gasteiger partial charge in [-0.1, -0.05) is 46.7 Å². The van der Waals surface area contributed by atoms with Crippen LogP contribution in [0.5, 0.6) is 5.75 Å². The molecule has 0 bridgehead atoms. The monoisotopic (exact) mass is 421 g/mol. The molecule has 5 heteroatoms. The highest BCUT2D eigenvalue weighted by Crippen LogP contribution is 2.31. The Labute approximate surface area is 162 Å². The van der Waals surface area contributed by atoms with Crippen LogP contribution in [0.15, 0.2) is 34.8 Å². The zero-order valence-corrected chi connectivity index (χ0v) is 17.8. The number of rotatable bonds is 5. The molecule has 134 valence electrons. The van der Waals surface area contributed by atoms with Crippen molar-refractivity contribution >= 4 is 38.6 Å². The Bertz CT molecular complexity index is 777. The second kappa shape index (κ2) is 8.77. The van der Waals surface area contributed by atoms with Gasteiger partial charge in [0.25, 0.3) is 5.24 Å². The molecule has 0 spiro atoms. The molecule has 3 nitrogen and oxygen atoms in total. The fraction of sp³-hybridized carbons (Fsp3) is 0.350. The summed E-state index contributed by atoms with van der Waals surface area (Å²) < 4.78 is 7.05. The van der Waals surface area contributed by atoms with E-state index in [0.717, 1.165) is 33.5 Å². The molecule has 0 atom stereocenters. The van der Waals surface area contributed by atoms with E-state index in [1.54, 1.807) is 18.2 Å². The molecule has 0 saturated heterocycles. The van der Waals surface area contributed by atoms with E-state index in [1.165, 1.54) is 22.9 Å². The highest BCUT2D eigenvalue weighted by Gasteiger charge is 2.16. The van der Waals surface area contributed by atoms with Crippen molar-refractivity contribution in [2.45, 2.75) is 33.8 Å². The molecule has 0 unspecified atom stereocenters. The average molecular weight is 422 g/mol. The summed E-state index contributed by atoms with van der Waals surface area (Å²) in [6.45, 7) is 6.74. The van der Waals surface area contributed by atoms with Crippen molar-refractivity contribution < 1.29 is 9.53 Å². The van der Waals surface area contributed by atoms with Crippen molar-refractivity contribution in [2.75, 3.05) is 18.2 Å². The molecule has 0 aromatic heterocycles. The highest BCUT2D eigenvalue weighted by atomic mass is 79.9. The molecular formula is C20H24BrNO2S. The minimum absolute atomic E-state index is 0.00123. The molecule has 0 saturated carbocycles. The van der Waals surface area contributed by atoms with E-state index in [-0.39, 0.29) is 5.24 Å². The number of amides is 1. The lowest BCUT2D eigenvalue weighted by Gasteiger charge is -2.21. The van der Waals surface area contributed by atoms with Crippen molar-refractivity contribution in [1.29, 1.82) is 0 Å². The standard InChI is InChI=1S/C20H24BrNO2S/c1-6-15-10-14(3)19(11-13(15)2)24-12-16-17(21)8-7-9-18(16)22(4)20(23)25-5/h7-11H,6,12H2,1-5H3. The summed E-state index contributed by atoms with van der Waals surface area (Å²) in [5.41, 5.74) is 5.53. The van der Waals surface area contributed by atoms with Crippen LogP contribution in [-0.2, 0) is 13.0 Å². The first kappa shape index (κ1) is 19.9. The van der Waals surface area contributed by atoms with Gasteiger partial charge < -0.3 is 9.64 Å². The number of carbonyl (C=O) groups excluding carboxylic acids is 1. The van der Waals surface area contributed by atoms with Crippen LogP contribution < -0.4 is 9.64 Å². The van der Waals surface area contributed by atoms with Gasteiger partial charge in [-0.25, -0.2) is 0 Å². The maximum absolute atomic E-state index is 12.1. The summed E-state index contributed by atoms with van der Waals surface area (Å²) >= 11 is 4.79. The summed E-state index contributed by atoms with van der Waals surface area (Å²) in [7, 11) is 1.79. The Morgan fingerprint density at radius 3 is 2.60 bits per heavy atom. The van der Waals surface area contributed by atoms with Gasteiger partial charge in [-0.2, -0.15) is 0 Å². The Morgan fingerprint density at radius 1 is 1.24 bits per heavy atom. The number of halogens is 1. The first-order valence-electron chi connectivity index (χ1n) is 8.21. The first-order chi connectivity index (χ1) is 11.9. The molecule has 1 amide bonds. The van der Waals surface area contributed by atoms with Crippen LogP contribution in [0.2, 0.25) is 0 Å². The van der Waals surface area contributed by atoms with Crippen LogP contribution in [0.4, 0.5) is 10.5 Å². The van der Waals surface area contributed by atoms with Crippen molar-refractivity contribution in [3.63, 3.8) is 0 Å². The van der Waals surface area contributed by atoms with Crippen LogP contribution in [0.1, 0.15) is 29.2 Å². The van der Waals surface area contributed by atoms with Crippen molar-refractivity contribution in [1.82, 2.24) is 0 Å². The summed E-state index contributed by atoms with van der Waals surface area (Å²) in [5.74, 6) is 0.884. The number of carbonyl (C=O) groups is 1. The second-order valence-corrected chi connectivity index (χ2v) is 7.56. The fourth-order valence-corrected chi connectivity index (χ4v) is 3.62. The van der Waals surface area contributed by atoms with Gasteiger partial charge in [0.15, 0.2) is 0 Å². The van der Waals surface area contributed by atoms with Crippen molar-refractivity contribution in [3.05, 3.63) is 57.1 Å². The number of ether oxygens (including phenoxy) is 1. The smallest absolute Gasteiger partial charge is 0.285 e. The normalized spacial score (nSPS) is 10.6. The summed E-state index contributed by atoms with van der Waals surface area (Å²) in [6.07, 6.45) is 2.80. The minimum Gasteiger partial charge on any atom is -0.489 e. The van der Waals surface area contributed by atoms with Crippen molar-refractivity contribution in [2.24, 2.45) is 0 Å². The SMILES string of the molecule is CCc1cc(C)c(OCc2c(Br)cccc2N(C)C(=O)SC)cc1C. The number of anilines is 1. The minimum atomic E-state index is -0.00123. The molecule has 0 aliphatic heterocycles. The van der Waals surface area contributed by atoms with Gasteiger partial charge in [0.2, 0.25) is 0 Å². The van der Waals surface area contributed by atoms with Gasteiger partial charge in [0, 0.05) is 17.1 Å². The number of benzene rings is 2. The van der Waals surface area contributed by atoms with Crippen LogP contribution in [-0.4, -0.2) is 18.5 Å². The van der Waals surface area contributed by atoms with Gasteiger partial charge in [-0.15, -0.1) is 0 Å². The topological polar surface area (TPSA) is 29.5 Å². The number of hydrogen-bond acceptors (Lipinski definition) is 3. The summed E-state index contributed by atoms with van der Waals surface area (Å²) in [4.78, 5) is 13.7. The average Bonchev–Trinajstić information content (AvgIpc) is 2.61. The van der Waals surface area contributed by atoms with Crippen molar-refractivity contribution in [3.8, 4) is 5.75 Å². The Morgan fingerprint density at radius 2 is 1.96 bits per heavy atom. The van der Waals surface area contributed by atoms with Crippen LogP contribution in [0, 0.1) is 13.8 Å². The highest BCUT2D eigenvalue weighted by molar-refractivity contribution is 9.10. The van der Waals surface area contributed by atoms with E-state index >= 15 is 0 Å². The van der Waals surface area contributed by atoms with Crippen LogP contribution in [0.25, 0.3) is 0 Å². The quantitative estimate of drug-likeness (QED) is 0.581. The summed E-state index contributed by atoms with van der Waals surface area (Å²) in [5, 5.41) is -0.00123. The number of aryl methyl sites for hydroxylation is 3. The maximum atomic E-state index is 12.1. The molecule has 2 aromatic carbocycles. The van der Waals surface area contributed by atoms with E-state index in [0.29, 0.717) is 6.61 Å². The number of hydrogen-bond donors (Lipinski definition) is 0. The predicted molar refractivity (Wildman–Crippen MR) is 111 cm³/mol. The van der Waals surface area contributed by atoms with Gasteiger partial charge in [0.05, 0.1) is 5.69 Å². The molecule has 0 aliphatic carbocycles. The third kappa shape index (κ3) is 4.59. The van der Waals surface area contributed by atoms with Gasteiger partial charge in [-0.3, -0.25) is 4.79 Å². The molecule has 0 heterocycles. The van der Waals surface area contributed by atoms with E-state index < -0.39 is 0 Å². The van der Waals surface area contributed by atoms with E-state index in [4.69, 9.17) is 4.74 Å². The van der Waals surface area contributed by atoms with E-state index in [9.17, 15) is 4.79 Å². The second-order valence-electron chi connectivity index (χ2n) is 5.95. The Balaban J connectivity index is 2.30. The first-order valence-corrected chi connectivity index (χ1v) is 10.2.